The molecule has 3 heterocycles. The van der Waals surface area contributed by atoms with Crippen LogP contribution in [0, 0.1) is 12.7 Å². The molecule has 2 aromatic heterocycles. The SMILES string of the molecule is Cc1ncc(-c2cccc3c2C(C)(C)C(=O)N3c2cnccn2)cc1C(=O)Nc1ccc(F)cc1. The van der Waals surface area contributed by atoms with Gasteiger partial charge in [0.1, 0.15) is 5.82 Å². The Morgan fingerprint density at radius 1 is 1.03 bits per heavy atom. The maximum atomic E-state index is 13.5. The van der Waals surface area contributed by atoms with Gasteiger partial charge in [-0.3, -0.25) is 24.5 Å². The zero-order chi connectivity index (χ0) is 24.7. The largest absolute Gasteiger partial charge is 0.322 e. The Morgan fingerprint density at radius 2 is 1.80 bits per heavy atom. The summed E-state index contributed by atoms with van der Waals surface area (Å²) < 4.78 is 13.2. The van der Waals surface area contributed by atoms with Gasteiger partial charge in [0.15, 0.2) is 5.82 Å². The minimum absolute atomic E-state index is 0.116. The van der Waals surface area contributed by atoms with Crippen LogP contribution in [-0.4, -0.2) is 26.8 Å². The first-order valence-corrected chi connectivity index (χ1v) is 11.1. The highest BCUT2D eigenvalue weighted by Gasteiger charge is 2.46. The van der Waals surface area contributed by atoms with Gasteiger partial charge < -0.3 is 5.32 Å². The highest BCUT2D eigenvalue weighted by atomic mass is 19.1. The molecule has 5 rings (SSSR count). The number of nitrogens with one attached hydrogen (secondary N) is 1. The van der Waals surface area contributed by atoms with Crippen LogP contribution in [0.25, 0.3) is 11.1 Å². The number of carbonyl (C=O) groups excluding carboxylic acids is 2. The number of carbonyl (C=O) groups is 2. The van der Waals surface area contributed by atoms with Crippen molar-refractivity contribution in [3.8, 4) is 11.1 Å². The molecular formula is C27H22FN5O2. The number of pyridine rings is 1. The Bertz CT molecular complexity index is 1450. The molecule has 8 heteroatoms. The zero-order valence-electron chi connectivity index (χ0n) is 19.4. The minimum atomic E-state index is -0.842. The third-order valence-electron chi connectivity index (χ3n) is 6.17. The fraction of sp³-hybridized carbons (Fsp3) is 0.148. The number of rotatable bonds is 4. The van der Waals surface area contributed by atoms with Gasteiger partial charge in [-0.15, -0.1) is 0 Å². The lowest BCUT2D eigenvalue weighted by atomic mass is 9.81. The summed E-state index contributed by atoms with van der Waals surface area (Å²) in [5.74, 6) is -0.404. The van der Waals surface area contributed by atoms with Crippen LogP contribution in [0.2, 0.25) is 0 Å². The quantitative estimate of drug-likeness (QED) is 0.446. The predicted molar refractivity (Wildman–Crippen MR) is 131 cm³/mol. The average Bonchev–Trinajstić information content (AvgIpc) is 3.06. The zero-order valence-corrected chi connectivity index (χ0v) is 19.4. The molecule has 7 nitrogen and oxygen atoms in total. The van der Waals surface area contributed by atoms with Crippen LogP contribution in [0.5, 0.6) is 0 Å². The molecule has 2 amide bonds. The van der Waals surface area contributed by atoms with Crippen molar-refractivity contribution < 1.29 is 14.0 Å². The van der Waals surface area contributed by atoms with Gasteiger partial charge in [0.25, 0.3) is 5.91 Å². The van der Waals surface area contributed by atoms with E-state index >= 15 is 0 Å². The van der Waals surface area contributed by atoms with Crippen LogP contribution in [0.4, 0.5) is 21.6 Å². The van der Waals surface area contributed by atoms with Crippen LogP contribution in [-0.2, 0) is 10.2 Å². The van der Waals surface area contributed by atoms with Crippen molar-refractivity contribution in [2.75, 3.05) is 10.2 Å². The summed E-state index contributed by atoms with van der Waals surface area (Å²) in [5.41, 5.74) is 3.63. The number of benzene rings is 2. The molecule has 0 saturated carbocycles. The van der Waals surface area contributed by atoms with Crippen LogP contribution in [0.15, 0.2) is 73.3 Å². The number of aryl methyl sites for hydroxylation is 1. The number of anilines is 3. The fourth-order valence-corrected chi connectivity index (χ4v) is 4.40. The van der Waals surface area contributed by atoms with E-state index in [2.05, 4.69) is 20.3 Å². The summed E-state index contributed by atoms with van der Waals surface area (Å²) in [7, 11) is 0. The summed E-state index contributed by atoms with van der Waals surface area (Å²) in [6.45, 7) is 5.50. The van der Waals surface area contributed by atoms with Crippen LogP contribution >= 0.6 is 0 Å². The first kappa shape index (κ1) is 22.3. The first-order valence-electron chi connectivity index (χ1n) is 11.1. The second-order valence-corrected chi connectivity index (χ2v) is 8.85. The van der Waals surface area contributed by atoms with Crippen molar-refractivity contribution >= 4 is 29.0 Å². The third-order valence-corrected chi connectivity index (χ3v) is 6.17. The molecule has 2 aromatic carbocycles. The van der Waals surface area contributed by atoms with E-state index < -0.39 is 5.41 Å². The molecule has 0 fully saturated rings. The smallest absolute Gasteiger partial charge is 0.257 e. The Kier molecular flexibility index (Phi) is 5.36. The molecule has 174 valence electrons. The van der Waals surface area contributed by atoms with Gasteiger partial charge in [0.05, 0.1) is 28.6 Å². The van der Waals surface area contributed by atoms with Gasteiger partial charge in [-0.25, -0.2) is 9.37 Å². The Labute approximate surface area is 201 Å². The second kappa shape index (κ2) is 8.39. The average molecular weight is 468 g/mol. The maximum absolute atomic E-state index is 13.5. The molecule has 1 aliphatic rings. The number of fused-ring (bicyclic) bond motifs is 1. The molecule has 0 bridgehead atoms. The lowest BCUT2D eigenvalue weighted by Gasteiger charge is -2.20. The highest BCUT2D eigenvalue weighted by molar-refractivity contribution is 6.14. The van der Waals surface area contributed by atoms with Crippen molar-refractivity contribution in [1.82, 2.24) is 15.0 Å². The van der Waals surface area contributed by atoms with Gasteiger partial charge >= 0.3 is 0 Å². The first-order chi connectivity index (χ1) is 16.8. The summed E-state index contributed by atoms with van der Waals surface area (Å²) in [4.78, 5) is 41.0. The van der Waals surface area contributed by atoms with Gasteiger partial charge in [-0.05, 0) is 68.3 Å². The minimum Gasteiger partial charge on any atom is -0.322 e. The summed E-state index contributed by atoms with van der Waals surface area (Å²) in [5, 5.41) is 2.79. The second-order valence-electron chi connectivity index (χ2n) is 8.85. The molecule has 4 aromatic rings. The topological polar surface area (TPSA) is 88.1 Å². The summed E-state index contributed by atoms with van der Waals surface area (Å²) >= 11 is 0. The van der Waals surface area contributed by atoms with Gasteiger partial charge in [-0.2, -0.15) is 0 Å². The maximum Gasteiger partial charge on any atom is 0.257 e. The molecule has 1 aliphatic heterocycles. The lowest BCUT2D eigenvalue weighted by molar-refractivity contribution is -0.121. The van der Waals surface area contributed by atoms with E-state index in [1.54, 1.807) is 42.7 Å². The Balaban J connectivity index is 1.58. The molecule has 0 saturated heterocycles. The molecule has 0 unspecified atom stereocenters. The Morgan fingerprint density at radius 3 is 2.51 bits per heavy atom. The molecule has 0 radical (unpaired) electrons. The summed E-state index contributed by atoms with van der Waals surface area (Å²) in [6.07, 6.45) is 6.36. The van der Waals surface area contributed by atoms with E-state index in [1.165, 1.54) is 24.3 Å². The highest BCUT2D eigenvalue weighted by Crippen LogP contribution is 2.48. The van der Waals surface area contributed by atoms with E-state index in [0.29, 0.717) is 28.3 Å². The van der Waals surface area contributed by atoms with E-state index in [4.69, 9.17) is 0 Å². The van der Waals surface area contributed by atoms with E-state index in [-0.39, 0.29) is 17.6 Å². The van der Waals surface area contributed by atoms with Crippen molar-refractivity contribution in [1.29, 1.82) is 0 Å². The number of aromatic nitrogens is 3. The summed E-state index contributed by atoms with van der Waals surface area (Å²) in [6, 6.07) is 13.0. The molecular weight excluding hydrogens is 445 g/mol. The predicted octanol–water partition coefficient (Wildman–Crippen LogP) is 5.19. The number of nitrogens with zero attached hydrogens (tertiary/aromatic N) is 4. The van der Waals surface area contributed by atoms with Crippen molar-refractivity contribution in [2.24, 2.45) is 0 Å². The van der Waals surface area contributed by atoms with Crippen molar-refractivity contribution in [3.05, 3.63) is 96.0 Å². The van der Waals surface area contributed by atoms with Crippen molar-refractivity contribution in [2.45, 2.75) is 26.2 Å². The molecule has 0 spiro atoms. The Hall–Kier alpha value is -4.46. The van der Waals surface area contributed by atoms with Crippen LogP contribution in [0.1, 0.15) is 35.5 Å². The van der Waals surface area contributed by atoms with Crippen LogP contribution < -0.4 is 10.2 Å². The molecule has 1 N–H and O–H groups in total. The van der Waals surface area contributed by atoms with Gasteiger partial charge in [0.2, 0.25) is 5.91 Å². The van der Waals surface area contributed by atoms with E-state index in [0.717, 1.165) is 16.8 Å². The van der Waals surface area contributed by atoms with Gasteiger partial charge in [-0.1, -0.05) is 12.1 Å². The number of hydrogen-bond donors (Lipinski definition) is 1. The van der Waals surface area contributed by atoms with Gasteiger partial charge in [0, 0.05) is 29.8 Å². The lowest BCUT2D eigenvalue weighted by Crippen LogP contribution is -2.33. The number of hydrogen-bond acceptors (Lipinski definition) is 5. The van der Waals surface area contributed by atoms with Crippen LogP contribution in [0.3, 0.4) is 0 Å². The fourth-order valence-electron chi connectivity index (χ4n) is 4.40. The molecule has 0 aliphatic carbocycles. The normalized spacial score (nSPS) is 14.1. The molecule has 35 heavy (non-hydrogen) atoms. The van der Waals surface area contributed by atoms with E-state index in [9.17, 15) is 14.0 Å². The van der Waals surface area contributed by atoms with E-state index in [1.807, 2.05) is 32.0 Å². The standard InChI is InChI=1S/C27H22FN5O2/c1-16-21(25(34)32-19-9-7-18(28)8-10-19)13-17(14-31-16)20-5-4-6-22-24(20)27(2,3)26(35)33(22)23-15-29-11-12-30-23/h4-15H,1-3H3,(H,32,34). The third kappa shape index (κ3) is 3.82. The monoisotopic (exact) mass is 467 g/mol. The molecule has 0 atom stereocenters. The number of amides is 2. The number of halogens is 1. The van der Waals surface area contributed by atoms with Crippen molar-refractivity contribution in [3.63, 3.8) is 0 Å².